The summed E-state index contributed by atoms with van der Waals surface area (Å²) >= 11 is 5.78. The fourth-order valence-electron chi connectivity index (χ4n) is 2.92. The highest BCUT2D eigenvalue weighted by molar-refractivity contribution is 7.92. The lowest BCUT2D eigenvalue weighted by Gasteiger charge is -2.31. The van der Waals surface area contributed by atoms with Gasteiger partial charge in [-0.15, -0.1) is 0 Å². The third-order valence-corrected chi connectivity index (χ3v) is 6.37. The van der Waals surface area contributed by atoms with E-state index >= 15 is 0 Å². The van der Waals surface area contributed by atoms with E-state index in [0.717, 1.165) is 12.1 Å². The maximum Gasteiger partial charge on any atom is 0.216 e. The van der Waals surface area contributed by atoms with Gasteiger partial charge in [0.1, 0.15) is 5.82 Å². The number of fused-ring (bicyclic) bond motifs is 1. The number of hydrogen-bond acceptors (Lipinski definition) is 3. The van der Waals surface area contributed by atoms with Crippen LogP contribution in [0.4, 0.5) is 8.78 Å². The number of ether oxygens (including phenoxy) is 1. The minimum Gasteiger partial charge on any atom is -0.471 e. The molecule has 24 heavy (non-hydrogen) atoms. The summed E-state index contributed by atoms with van der Waals surface area (Å²) in [6.45, 7) is 1.80. The zero-order valence-electron chi connectivity index (χ0n) is 12.8. The van der Waals surface area contributed by atoms with Crippen LogP contribution in [0.2, 0.25) is 5.02 Å². The highest BCUT2D eigenvalue weighted by atomic mass is 35.5. The van der Waals surface area contributed by atoms with E-state index in [1.54, 1.807) is 6.92 Å². The molecule has 0 aliphatic carbocycles. The maximum absolute atomic E-state index is 14.1. The third-order valence-electron chi connectivity index (χ3n) is 4.21. The molecule has 0 spiro atoms. The summed E-state index contributed by atoms with van der Waals surface area (Å²) in [4.78, 5) is 0.0343. The molecule has 2 aromatic carbocycles. The normalized spacial score (nSPS) is 20.3. The van der Waals surface area contributed by atoms with Gasteiger partial charge in [0.05, 0.1) is 4.90 Å². The first kappa shape index (κ1) is 17.2. The zero-order chi connectivity index (χ0) is 17.5. The Kier molecular flexibility index (Phi) is 4.53. The summed E-state index contributed by atoms with van der Waals surface area (Å²) in [5.41, 5.74) is -1.16. The standard InChI is InChI=1S/C17H15ClF2O3S/c1-2-10-9-15(23-17-14(20)8-7-13(19)16(10)17)24(21,22)12-5-3-11(18)4-6-12/h3-8,10,15H,2,9H2,1H3. The molecule has 0 fully saturated rings. The van der Waals surface area contributed by atoms with E-state index in [9.17, 15) is 17.2 Å². The van der Waals surface area contributed by atoms with Gasteiger partial charge >= 0.3 is 0 Å². The first-order chi connectivity index (χ1) is 11.3. The fraction of sp³-hybridized carbons (Fsp3) is 0.294. The van der Waals surface area contributed by atoms with Crippen molar-refractivity contribution in [3.8, 4) is 5.75 Å². The summed E-state index contributed by atoms with van der Waals surface area (Å²) in [6.07, 6.45) is 0.540. The molecule has 0 saturated carbocycles. The molecular weight excluding hydrogens is 358 g/mol. The topological polar surface area (TPSA) is 43.4 Å². The first-order valence-corrected chi connectivity index (χ1v) is 9.41. The maximum atomic E-state index is 14.1. The number of halogens is 3. The lowest BCUT2D eigenvalue weighted by molar-refractivity contribution is 0.208. The van der Waals surface area contributed by atoms with Crippen LogP contribution < -0.4 is 4.74 Å². The molecule has 2 unspecified atom stereocenters. The third kappa shape index (κ3) is 2.89. The van der Waals surface area contributed by atoms with E-state index in [1.165, 1.54) is 24.3 Å². The Hall–Kier alpha value is -1.66. The second-order valence-corrected chi connectivity index (χ2v) is 8.18. The zero-order valence-corrected chi connectivity index (χ0v) is 14.4. The van der Waals surface area contributed by atoms with Gasteiger partial charge in [-0.05, 0) is 48.7 Å². The average Bonchev–Trinajstić information content (AvgIpc) is 2.57. The van der Waals surface area contributed by atoms with Gasteiger partial charge in [0.15, 0.2) is 11.6 Å². The van der Waals surface area contributed by atoms with Crippen molar-refractivity contribution < 1.29 is 21.9 Å². The van der Waals surface area contributed by atoms with E-state index in [2.05, 4.69) is 0 Å². The van der Waals surface area contributed by atoms with E-state index in [1.807, 2.05) is 0 Å². The van der Waals surface area contributed by atoms with E-state index in [0.29, 0.717) is 11.4 Å². The molecule has 0 N–H and O–H groups in total. The SMILES string of the molecule is CCC1CC(S(=O)(=O)c2ccc(Cl)cc2)Oc2c(F)ccc(F)c21. The summed E-state index contributed by atoms with van der Waals surface area (Å²) in [5.74, 6) is -2.09. The Labute approximate surface area is 144 Å². The lowest BCUT2D eigenvalue weighted by atomic mass is 9.90. The van der Waals surface area contributed by atoms with Crippen LogP contribution in [0.1, 0.15) is 31.2 Å². The van der Waals surface area contributed by atoms with Gasteiger partial charge < -0.3 is 4.74 Å². The summed E-state index contributed by atoms with van der Waals surface area (Å²) in [6, 6.07) is 7.65. The Bertz CT molecular complexity index is 866. The molecule has 2 aromatic rings. The van der Waals surface area contributed by atoms with Crippen LogP contribution in [0, 0.1) is 11.6 Å². The molecule has 1 heterocycles. The van der Waals surface area contributed by atoms with Gasteiger partial charge in [0.25, 0.3) is 0 Å². The van der Waals surface area contributed by atoms with Crippen LogP contribution in [0.15, 0.2) is 41.3 Å². The van der Waals surface area contributed by atoms with Crippen LogP contribution in [-0.2, 0) is 9.84 Å². The van der Waals surface area contributed by atoms with E-state index < -0.39 is 32.8 Å². The van der Waals surface area contributed by atoms with E-state index in [-0.39, 0.29) is 22.6 Å². The van der Waals surface area contributed by atoms with Crippen LogP contribution in [0.5, 0.6) is 5.75 Å². The highest BCUT2D eigenvalue weighted by Gasteiger charge is 2.39. The van der Waals surface area contributed by atoms with Crippen molar-refractivity contribution in [1.82, 2.24) is 0 Å². The molecule has 0 aromatic heterocycles. The fourth-order valence-corrected chi connectivity index (χ4v) is 4.57. The van der Waals surface area contributed by atoms with Crippen LogP contribution in [-0.4, -0.2) is 13.9 Å². The Balaban J connectivity index is 2.05. The first-order valence-electron chi connectivity index (χ1n) is 7.48. The van der Waals surface area contributed by atoms with E-state index in [4.69, 9.17) is 16.3 Å². The molecule has 0 amide bonds. The average molecular weight is 373 g/mol. The van der Waals surface area contributed by atoms with Crippen LogP contribution in [0.25, 0.3) is 0 Å². The summed E-state index contributed by atoms with van der Waals surface area (Å²) < 4.78 is 59.1. The predicted octanol–water partition coefficient (Wildman–Crippen LogP) is 4.69. The number of sulfone groups is 1. The highest BCUT2D eigenvalue weighted by Crippen LogP contribution is 2.43. The van der Waals surface area contributed by atoms with Gasteiger partial charge in [0, 0.05) is 17.0 Å². The monoisotopic (exact) mass is 372 g/mol. The van der Waals surface area contributed by atoms with Crippen molar-refractivity contribution in [3.63, 3.8) is 0 Å². The quantitative estimate of drug-likeness (QED) is 0.784. The van der Waals surface area contributed by atoms with Crippen LogP contribution in [0.3, 0.4) is 0 Å². The molecule has 0 saturated heterocycles. The molecular formula is C17H15ClF2O3S. The molecule has 1 aliphatic rings. The molecule has 128 valence electrons. The van der Waals surface area contributed by atoms with Crippen molar-refractivity contribution in [2.75, 3.05) is 0 Å². The Morgan fingerprint density at radius 3 is 2.38 bits per heavy atom. The Morgan fingerprint density at radius 1 is 1.12 bits per heavy atom. The smallest absolute Gasteiger partial charge is 0.216 e. The lowest BCUT2D eigenvalue weighted by Crippen LogP contribution is -2.34. The van der Waals surface area contributed by atoms with Gasteiger partial charge in [-0.3, -0.25) is 0 Å². The second kappa shape index (κ2) is 6.33. The molecule has 3 nitrogen and oxygen atoms in total. The number of rotatable bonds is 3. The summed E-state index contributed by atoms with van der Waals surface area (Å²) in [5, 5.41) is 0.406. The molecule has 0 bridgehead atoms. The van der Waals surface area contributed by atoms with Crippen LogP contribution >= 0.6 is 11.6 Å². The van der Waals surface area contributed by atoms with Gasteiger partial charge in [0.2, 0.25) is 15.3 Å². The summed E-state index contributed by atoms with van der Waals surface area (Å²) in [7, 11) is -3.86. The molecule has 0 radical (unpaired) electrons. The van der Waals surface area contributed by atoms with Crippen molar-refractivity contribution >= 4 is 21.4 Å². The molecule has 3 rings (SSSR count). The molecule has 2 atom stereocenters. The van der Waals surface area contributed by atoms with Gasteiger partial charge in [-0.2, -0.15) is 0 Å². The largest absolute Gasteiger partial charge is 0.471 e. The van der Waals surface area contributed by atoms with Crippen molar-refractivity contribution in [2.45, 2.75) is 36.0 Å². The minimum absolute atomic E-state index is 0.0343. The Morgan fingerprint density at radius 2 is 1.75 bits per heavy atom. The molecule has 7 heteroatoms. The minimum atomic E-state index is -3.86. The van der Waals surface area contributed by atoms with Gasteiger partial charge in [-0.25, -0.2) is 17.2 Å². The van der Waals surface area contributed by atoms with Crippen molar-refractivity contribution in [1.29, 1.82) is 0 Å². The van der Waals surface area contributed by atoms with Crippen molar-refractivity contribution in [3.05, 3.63) is 58.6 Å². The molecule has 1 aliphatic heterocycles. The van der Waals surface area contributed by atoms with Crippen molar-refractivity contribution in [2.24, 2.45) is 0 Å². The number of hydrogen-bond donors (Lipinski definition) is 0. The van der Waals surface area contributed by atoms with Gasteiger partial charge in [-0.1, -0.05) is 18.5 Å². The predicted molar refractivity (Wildman–Crippen MR) is 87.1 cm³/mol. The second-order valence-electron chi connectivity index (χ2n) is 5.66. The number of benzene rings is 2.